The Hall–Kier alpha value is -2.43. The van der Waals surface area contributed by atoms with Crippen molar-refractivity contribution in [2.45, 2.75) is 43.0 Å². The number of halogens is 1. The van der Waals surface area contributed by atoms with Gasteiger partial charge in [-0.25, -0.2) is 13.8 Å². The third-order valence-electron chi connectivity index (χ3n) is 5.54. The average Bonchev–Trinajstić information content (AvgIpc) is 2.83. The van der Waals surface area contributed by atoms with Gasteiger partial charge in [-0.2, -0.15) is 9.41 Å². The molecule has 8 nitrogen and oxygen atoms in total. The summed E-state index contributed by atoms with van der Waals surface area (Å²) < 4.78 is 39.3. The number of amides is 1. The SMILES string of the molecule is COc1ccc(C=NNC(=O)CN(C2CCCCC2)S(=O)(=O)c2ccc(Br)cc2)c(OC)c1. The topological polar surface area (TPSA) is 97.3 Å². The molecule has 0 atom stereocenters. The zero-order valence-electron chi connectivity index (χ0n) is 18.7. The molecule has 0 bridgehead atoms. The molecule has 1 saturated carbocycles. The Morgan fingerprint density at radius 3 is 2.45 bits per heavy atom. The third kappa shape index (κ3) is 6.55. The molecule has 1 N–H and O–H groups in total. The maximum atomic E-state index is 13.4. The van der Waals surface area contributed by atoms with Crippen LogP contribution in [-0.4, -0.2) is 51.7 Å². The number of ether oxygens (including phenoxy) is 2. The van der Waals surface area contributed by atoms with Gasteiger partial charge in [0.2, 0.25) is 10.0 Å². The number of rotatable bonds is 9. The molecule has 1 aliphatic rings. The van der Waals surface area contributed by atoms with Gasteiger partial charge in [-0.15, -0.1) is 0 Å². The highest BCUT2D eigenvalue weighted by atomic mass is 79.9. The van der Waals surface area contributed by atoms with Crippen LogP contribution in [0.4, 0.5) is 0 Å². The fourth-order valence-corrected chi connectivity index (χ4v) is 5.70. The number of nitrogens with one attached hydrogen (secondary N) is 1. The van der Waals surface area contributed by atoms with Crippen molar-refractivity contribution in [3.05, 3.63) is 52.5 Å². The summed E-state index contributed by atoms with van der Waals surface area (Å²) in [5, 5.41) is 4.00. The van der Waals surface area contributed by atoms with E-state index in [9.17, 15) is 13.2 Å². The normalized spacial score (nSPS) is 15.0. The second kappa shape index (κ2) is 11.6. The highest BCUT2D eigenvalue weighted by molar-refractivity contribution is 9.10. The van der Waals surface area contributed by atoms with Crippen molar-refractivity contribution in [3.8, 4) is 11.5 Å². The summed E-state index contributed by atoms with van der Waals surface area (Å²) in [6.07, 6.45) is 5.86. The zero-order valence-corrected chi connectivity index (χ0v) is 21.1. The molecule has 178 valence electrons. The van der Waals surface area contributed by atoms with Crippen molar-refractivity contribution >= 4 is 38.1 Å². The average molecular weight is 538 g/mol. The Morgan fingerprint density at radius 2 is 1.82 bits per heavy atom. The Labute approximate surface area is 203 Å². The molecule has 0 aliphatic heterocycles. The molecular formula is C23H28BrN3O5S. The van der Waals surface area contributed by atoms with E-state index in [0.717, 1.165) is 36.6 Å². The number of hydrogen-bond acceptors (Lipinski definition) is 6. The van der Waals surface area contributed by atoms with Crippen LogP contribution < -0.4 is 14.9 Å². The number of carbonyl (C=O) groups excluding carboxylic acids is 1. The van der Waals surface area contributed by atoms with E-state index in [0.29, 0.717) is 17.1 Å². The zero-order chi connectivity index (χ0) is 23.8. The summed E-state index contributed by atoms with van der Waals surface area (Å²) in [6, 6.07) is 11.4. The molecule has 2 aromatic rings. The van der Waals surface area contributed by atoms with Crippen LogP contribution in [-0.2, 0) is 14.8 Å². The highest BCUT2D eigenvalue weighted by Gasteiger charge is 2.33. The van der Waals surface area contributed by atoms with Crippen LogP contribution in [0.2, 0.25) is 0 Å². The molecule has 0 spiro atoms. The van der Waals surface area contributed by atoms with E-state index in [1.165, 1.54) is 17.6 Å². The van der Waals surface area contributed by atoms with Crippen LogP contribution in [0.3, 0.4) is 0 Å². The fourth-order valence-electron chi connectivity index (χ4n) is 3.80. The van der Waals surface area contributed by atoms with E-state index in [2.05, 4.69) is 26.5 Å². The summed E-state index contributed by atoms with van der Waals surface area (Å²) >= 11 is 3.33. The van der Waals surface area contributed by atoms with E-state index in [4.69, 9.17) is 9.47 Å². The van der Waals surface area contributed by atoms with Crippen molar-refractivity contribution in [2.24, 2.45) is 5.10 Å². The van der Waals surface area contributed by atoms with Crippen LogP contribution in [0.25, 0.3) is 0 Å². The van der Waals surface area contributed by atoms with Gasteiger partial charge in [0.25, 0.3) is 5.91 Å². The maximum Gasteiger partial charge on any atom is 0.255 e. The Kier molecular flexibility index (Phi) is 8.87. The molecule has 1 fully saturated rings. The first kappa shape index (κ1) is 25.2. The van der Waals surface area contributed by atoms with Crippen molar-refractivity contribution in [3.63, 3.8) is 0 Å². The number of hydrogen-bond donors (Lipinski definition) is 1. The van der Waals surface area contributed by atoms with Gasteiger partial charge in [0.05, 0.1) is 31.9 Å². The minimum atomic E-state index is -3.84. The molecule has 2 aromatic carbocycles. The minimum absolute atomic E-state index is 0.163. The predicted molar refractivity (Wildman–Crippen MR) is 130 cm³/mol. The van der Waals surface area contributed by atoms with Crippen LogP contribution >= 0.6 is 15.9 Å². The third-order valence-corrected chi connectivity index (χ3v) is 7.98. The van der Waals surface area contributed by atoms with Crippen molar-refractivity contribution in [2.75, 3.05) is 20.8 Å². The molecule has 33 heavy (non-hydrogen) atoms. The van der Waals surface area contributed by atoms with E-state index in [1.807, 2.05) is 0 Å². The number of benzene rings is 2. The lowest BCUT2D eigenvalue weighted by Crippen LogP contribution is -2.46. The van der Waals surface area contributed by atoms with Gasteiger partial charge in [-0.3, -0.25) is 4.79 Å². The second-order valence-electron chi connectivity index (χ2n) is 7.70. The number of methoxy groups -OCH3 is 2. The minimum Gasteiger partial charge on any atom is -0.497 e. The summed E-state index contributed by atoms with van der Waals surface area (Å²) in [4.78, 5) is 12.8. The first-order valence-electron chi connectivity index (χ1n) is 10.7. The van der Waals surface area contributed by atoms with E-state index < -0.39 is 15.9 Å². The highest BCUT2D eigenvalue weighted by Crippen LogP contribution is 2.28. The molecule has 1 amide bonds. The maximum absolute atomic E-state index is 13.4. The lowest BCUT2D eigenvalue weighted by atomic mass is 9.95. The Balaban J connectivity index is 1.75. The van der Waals surface area contributed by atoms with Crippen molar-refractivity contribution in [1.29, 1.82) is 0 Å². The molecule has 0 radical (unpaired) electrons. The fraction of sp³-hybridized carbons (Fsp3) is 0.391. The second-order valence-corrected chi connectivity index (χ2v) is 10.5. The van der Waals surface area contributed by atoms with E-state index >= 15 is 0 Å². The Bertz CT molecular complexity index is 1080. The van der Waals surface area contributed by atoms with Gasteiger partial charge in [-0.05, 0) is 49.2 Å². The molecule has 0 aromatic heterocycles. The van der Waals surface area contributed by atoms with Gasteiger partial charge in [0, 0.05) is 22.1 Å². The smallest absolute Gasteiger partial charge is 0.255 e. The monoisotopic (exact) mass is 537 g/mol. The lowest BCUT2D eigenvalue weighted by Gasteiger charge is -2.32. The van der Waals surface area contributed by atoms with Crippen molar-refractivity contribution < 1.29 is 22.7 Å². The van der Waals surface area contributed by atoms with Crippen LogP contribution in [0.1, 0.15) is 37.7 Å². The van der Waals surface area contributed by atoms with E-state index in [1.54, 1.807) is 49.6 Å². The number of carbonyl (C=O) groups is 1. The van der Waals surface area contributed by atoms with Gasteiger partial charge in [0.15, 0.2) is 0 Å². The quantitative estimate of drug-likeness (QED) is 0.386. The Morgan fingerprint density at radius 1 is 1.12 bits per heavy atom. The van der Waals surface area contributed by atoms with Gasteiger partial charge < -0.3 is 9.47 Å². The molecule has 0 saturated heterocycles. The summed E-state index contributed by atoms with van der Waals surface area (Å²) in [5.41, 5.74) is 3.09. The number of nitrogens with zero attached hydrogens (tertiary/aromatic N) is 2. The summed E-state index contributed by atoms with van der Waals surface area (Å²) in [5.74, 6) is 0.660. The molecule has 0 unspecified atom stereocenters. The predicted octanol–water partition coefficient (Wildman–Crippen LogP) is 3.94. The largest absolute Gasteiger partial charge is 0.497 e. The molecule has 0 heterocycles. The van der Waals surface area contributed by atoms with Crippen LogP contribution in [0, 0.1) is 0 Å². The molecular weight excluding hydrogens is 510 g/mol. The molecule has 3 rings (SSSR count). The number of sulfonamides is 1. The van der Waals surface area contributed by atoms with Crippen LogP contribution in [0.5, 0.6) is 11.5 Å². The first-order chi connectivity index (χ1) is 15.8. The standard InChI is InChI=1S/C23H28BrN3O5S/c1-31-20-11-8-17(22(14-20)32-2)15-25-26-23(28)16-27(19-6-4-3-5-7-19)33(29,30)21-12-9-18(24)10-13-21/h8-15,19H,3-7,16H2,1-2H3,(H,26,28). The van der Waals surface area contributed by atoms with Crippen molar-refractivity contribution in [1.82, 2.24) is 9.73 Å². The first-order valence-corrected chi connectivity index (χ1v) is 12.9. The van der Waals surface area contributed by atoms with Gasteiger partial charge >= 0.3 is 0 Å². The van der Waals surface area contributed by atoms with Crippen LogP contribution in [0.15, 0.2) is 56.9 Å². The van der Waals surface area contributed by atoms with E-state index in [-0.39, 0.29) is 17.5 Å². The summed E-state index contributed by atoms with van der Waals surface area (Å²) in [7, 11) is -0.756. The van der Waals surface area contributed by atoms with Gasteiger partial charge in [0.1, 0.15) is 11.5 Å². The lowest BCUT2D eigenvalue weighted by molar-refractivity contribution is -0.121. The summed E-state index contributed by atoms with van der Waals surface area (Å²) in [6.45, 7) is -0.305. The number of hydrazone groups is 1. The molecule has 1 aliphatic carbocycles. The molecule has 10 heteroatoms. The van der Waals surface area contributed by atoms with Gasteiger partial charge in [-0.1, -0.05) is 35.2 Å².